The molecular formula is C17H25N5O3. The Labute approximate surface area is 147 Å². The molecule has 0 radical (unpaired) electrons. The van der Waals surface area contributed by atoms with Crippen LogP contribution in [0.2, 0.25) is 0 Å². The quantitative estimate of drug-likeness (QED) is 0.772. The van der Waals surface area contributed by atoms with E-state index in [0.717, 1.165) is 32.2 Å². The van der Waals surface area contributed by atoms with Gasteiger partial charge in [0.2, 0.25) is 0 Å². The van der Waals surface area contributed by atoms with Crippen molar-refractivity contribution >= 4 is 17.9 Å². The Bertz CT molecular complexity index is 628. The summed E-state index contributed by atoms with van der Waals surface area (Å²) in [4.78, 5) is 25.2. The SMILES string of the molecule is O=C(NCCN1CCCOC1=O)Nc1ccnn1C[C@H]1CC=CCC1. The van der Waals surface area contributed by atoms with Gasteiger partial charge in [0, 0.05) is 32.2 Å². The van der Waals surface area contributed by atoms with Crippen LogP contribution in [0, 0.1) is 5.92 Å². The van der Waals surface area contributed by atoms with Crippen LogP contribution >= 0.6 is 0 Å². The van der Waals surface area contributed by atoms with Crippen molar-refractivity contribution in [2.24, 2.45) is 5.92 Å². The third kappa shape index (κ3) is 4.98. The Hall–Kier alpha value is -2.51. The molecule has 1 aromatic rings. The molecule has 3 rings (SSSR count). The van der Waals surface area contributed by atoms with Crippen molar-refractivity contribution in [2.45, 2.75) is 32.2 Å². The zero-order chi connectivity index (χ0) is 17.5. The minimum absolute atomic E-state index is 0.296. The third-order valence-corrected chi connectivity index (χ3v) is 4.49. The van der Waals surface area contributed by atoms with Gasteiger partial charge in [0.1, 0.15) is 5.82 Å². The van der Waals surface area contributed by atoms with Crippen LogP contribution in [-0.2, 0) is 11.3 Å². The molecule has 25 heavy (non-hydrogen) atoms. The number of nitrogens with zero attached hydrogens (tertiary/aromatic N) is 3. The highest BCUT2D eigenvalue weighted by molar-refractivity contribution is 5.88. The molecule has 2 N–H and O–H groups in total. The molecule has 0 bridgehead atoms. The summed E-state index contributed by atoms with van der Waals surface area (Å²) in [7, 11) is 0. The van der Waals surface area contributed by atoms with E-state index in [1.807, 2.05) is 4.68 Å². The highest BCUT2D eigenvalue weighted by Gasteiger charge is 2.19. The van der Waals surface area contributed by atoms with Gasteiger partial charge >= 0.3 is 12.1 Å². The Morgan fingerprint density at radius 1 is 1.40 bits per heavy atom. The first-order chi connectivity index (χ1) is 12.2. The Kier molecular flexibility index (Phi) is 5.92. The number of aromatic nitrogens is 2. The Morgan fingerprint density at radius 2 is 2.32 bits per heavy atom. The predicted molar refractivity (Wildman–Crippen MR) is 93.3 cm³/mol. The first-order valence-electron chi connectivity index (χ1n) is 8.86. The van der Waals surface area contributed by atoms with E-state index < -0.39 is 0 Å². The van der Waals surface area contributed by atoms with Crippen LogP contribution < -0.4 is 10.6 Å². The van der Waals surface area contributed by atoms with E-state index in [2.05, 4.69) is 27.9 Å². The number of hydrogen-bond acceptors (Lipinski definition) is 4. The zero-order valence-electron chi connectivity index (χ0n) is 14.3. The van der Waals surface area contributed by atoms with Gasteiger partial charge in [0.15, 0.2) is 0 Å². The van der Waals surface area contributed by atoms with Crippen molar-refractivity contribution in [3.63, 3.8) is 0 Å². The number of amides is 3. The minimum Gasteiger partial charge on any atom is -0.449 e. The molecule has 0 saturated carbocycles. The van der Waals surface area contributed by atoms with Crippen LogP contribution in [-0.4, -0.2) is 53.0 Å². The number of hydrogen-bond donors (Lipinski definition) is 2. The molecule has 1 aliphatic heterocycles. The lowest BCUT2D eigenvalue weighted by molar-refractivity contribution is 0.0736. The lowest BCUT2D eigenvalue weighted by atomic mass is 9.94. The van der Waals surface area contributed by atoms with Gasteiger partial charge in [0.25, 0.3) is 0 Å². The summed E-state index contributed by atoms with van der Waals surface area (Å²) in [6.07, 6.45) is 9.94. The van der Waals surface area contributed by atoms with Crippen molar-refractivity contribution < 1.29 is 14.3 Å². The highest BCUT2D eigenvalue weighted by Crippen LogP contribution is 2.21. The van der Waals surface area contributed by atoms with Crippen molar-refractivity contribution in [1.82, 2.24) is 20.0 Å². The highest BCUT2D eigenvalue weighted by atomic mass is 16.6. The van der Waals surface area contributed by atoms with Gasteiger partial charge in [-0.25, -0.2) is 14.3 Å². The van der Waals surface area contributed by atoms with Crippen LogP contribution in [0.15, 0.2) is 24.4 Å². The summed E-state index contributed by atoms with van der Waals surface area (Å²) in [5, 5.41) is 9.90. The molecule has 1 saturated heterocycles. The average molecular weight is 347 g/mol. The van der Waals surface area contributed by atoms with E-state index in [9.17, 15) is 9.59 Å². The van der Waals surface area contributed by atoms with Gasteiger partial charge in [-0.2, -0.15) is 5.10 Å². The lowest BCUT2D eigenvalue weighted by Gasteiger charge is -2.26. The molecule has 3 amide bonds. The number of anilines is 1. The smallest absolute Gasteiger partial charge is 0.409 e. The summed E-state index contributed by atoms with van der Waals surface area (Å²) in [5.41, 5.74) is 0. The number of allylic oxidation sites excluding steroid dienone is 2. The van der Waals surface area contributed by atoms with Crippen LogP contribution in [0.25, 0.3) is 0 Å². The van der Waals surface area contributed by atoms with Crippen LogP contribution in [0.4, 0.5) is 15.4 Å². The van der Waals surface area contributed by atoms with E-state index in [1.165, 1.54) is 0 Å². The molecule has 1 atom stereocenters. The second kappa shape index (κ2) is 8.55. The molecule has 2 heterocycles. The molecule has 8 nitrogen and oxygen atoms in total. The molecule has 0 unspecified atom stereocenters. The van der Waals surface area contributed by atoms with Crippen molar-refractivity contribution in [3.8, 4) is 0 Å². The summed E-state index contributed by atoms with van der Waals surface area (Å²) in [6.45, 7) is 2.77. The summed E-state index contributed by atoms with van der Waals surface area (Å²) in [6, 6.07) is 1.50. The number of nitrogens with one attached hydrogen (secondary N) is 2. The van der Waals surface area contributed by atoms with Crippen LogP contribution in [0.5, 0.6) is 0 Å². The summed E-state index contributed by atoms with van der Waals surface area (Å²) in [5.74, 6) is 1.24. The number of carbonyl (C=O) groups excluding carboxylic acids is 2. The topological polar surface area (TPSA) is 88.5 Å². The maximum absolute atomic E-state index is 12.1. The number of rotatable bonds is 6. The van der Waals surface area contributed by atoms with Gasteiger partial charge < -0.3 is 15.0 Å². The number of carbonyl (C=O) groups is 2. The maximum atomic E-state index is 12.1. The second-order valence-electron chi connectivity index (χ2n) is 6.38. The average Bonchev–Trinajstić information content (AvgIpc) is 3.04. The number of ether oxygens (including phenoxy) is 1. The van der Waals surface area contributed by atoms with Gasteiger partial charge in [-0.15, -0.1) is 0 Å². The fourth-order valence-corrected chi connectivity index (χ4v) is 3.12. The van der Waals surface area contributed by atoms with Crippen LogP contribution in [0.3, 0.4) is 0 Å². The summed E-state index contributed by atoms with van der Waals surface area (Å²) < 4.78 is 6.80. The molecule has 0 aromatic carbocycles. The molecular weight excluding hydrogens is 322 g/mol. The number of urea groups is 1. The van der Waals surface area contributed by atoms with Crippen LogP contribution in [0.1, 0.15) is 25.7 Å². The number of cyclic esters (lactones) is 1. The predicted octanol–water partition coefficient (Wildman–Crippen LogP) is 2.20. The lowest BCUT2D eigenvalue weighted by Crippen LogP contribution is -2.43. The third-order valence-electron chi connectivity index (χ3n) is 4.49. The van der Waals surface area contributed by atoms with Gasteiger partial charge in [-0.1, -0.05) is 12.2 Å². The maximum Gasteiger partial charge on any atom is 0.409 e. The fourth-order valence-electron chi connectivity index (χ4n) is 3.12. The fraction of sp³-hybridized carbons (Fsp3) is 0.588. The van der Waals surface area contributed by atoms with Crippen molar-refractivity contribution in [1.29, 1.82) is 0 Å². The van der Waals surface area contributed by atoms with E-state index in [0.29, 0.717) is 38.0 Å². The molecule has 1 aliphatic carbocycles. The first-order valence-corrected chi connectivity index (χ1v) is 8.86. The first kappa shape index (κ1) is 17.3. The van der Waals surface area contributed by atoms with E-state index in [4.69, 9.17) is 4.74 Å². The molecule has 2 aliphatic rings. The van der Waals surface area contributed by atoms with E-state index in [-0.39, 0.29) is 12.1 Å². The molecule has 1 aromatic heterocycles. The monoisotopic (exact) mass is 347 g/mol. The van der Waals surface area contributed by atoms with Crippen molar-refractivity contribution in [2.75, 3.05) is 31.6 Å². The van der Waals surface area contributed by atoms with E-state index >= 15 is 0 Å². The molecule has 8 heteroatoms. The normalized spacial score (nSPS) is 20.2. The Balaban J connectivity index is 1.42. The summed E-state index contributed by atoms with van der Waals surface area (Å²) >= 11 is 0. The zero-order valence-corrected chi connectivity index (χ0v) is 14.3. The Morgan fingerprint density at radius 3 is 3.12 bits per heavy atom. The standard InChI is InChI=1S/C17H25N5O3/c23-16(18-9-11-21-10-4-12-25-17(21)24)20-15-7-8-19-22(15)13-14-5-2-1-3-6-14/h1-2,7-8,14H,3-6,9-13H2,(H2,18,20,23)/t14-/m0/s1. The molecule has 0 spiro atoms. The minimum atomic E-state index is -0.312. The van der Waals surface area contributed by atoms with Gasteiger partial charge in [0.05, 0.1) is 12.8 Å². The largest absolute Gasteiger partial charge is 0.449 e. The second-order valence-corrected chi connectivity index (χ2v) is 6.38. The van der Waals surface area contributed by atoms with Gasteiger partial charge in [-0.05, 0) is 31.6 Å². The molecule has 1 fully saturated rings. The van der Waals surface area contributed by atoms with Crippen molar-refractivity contribution in [3.05, 3.63) is 24.4 Å². The van der Waals surface area contributed by atoms with E-state index in [1.54, 1.807) is 17.2 Å². The molecule has 136 valence electrons. The van der Waals surface area contributed by atoms with Gasteiger partial charge in [-0.3, -0.25) is 5.32 Å².